The quantitative estimate of drug-likeness (QED) is 0.269. The van der Waals surface area contributed by atoms with E-state index in [2.05, 4.69) is 36.2 Å². The molecule has 0 spiro atoms. The van der Waals surface area contributed by atoms with Crippen molar-refractivity contribution in [2.45, 2.75) is 6.92 Å². The minimum absolute atomic E-state index is 0.0552. The fourth-order valence-electron chi connectivity index (χ4n) is 2.14. The highest BCUT2D eigenvalue weighted by molar-refractivity contribution is 5.84. The number of nitrogens with one attached hydrogen (secondary N) is 2. The largest absolute Gasteiger partial charge is 0.508 e. The minimum atomic E-state index is -0.132. The fraction of sp³-hybridized carbons (Fsp3) is 0.0556. The average molecular weight is 395 g/mol. The highest BCUT2D eigenvalue weighted by Gasteiger charge is 2.05. The molecule has 3 aromatic rings. The van der Waals surface area contributed by atoms with E-state index in [1.54, 1.807) is 6.92 Å². The lowest BCUT2D eigenvalue weighted by atomic mass is 10.2. The molecule has 29 heavy (non-hydrogen) atoms. The van der Waals surface area contributed by atoms with Crippen LogP contribution in [0, 0.1) is 6.92 Å². The molecule has 1 heterocycles. The second kappa shape index (κ2) is 8.52. The van der Waals surface area contributed by atoms with Crippen LogP contribution in [0.3, 0.4) is 0 Å². The molecule has 11 heteroatoms. The molecule has 0 saturated heterocycles. The number of aromatic nitrogens is 3. The monoisotopic (exact) mass is 395 g/mol. The average Bonchev–Trinajstić information content (AvgIpc) is 2.67. The van der Waals surface area contributed by atoms with E-state index in [4.69, 9.17) is 0 Å². The second-order valence-corrected chi connectivity index (χ2v) is 5.80. The molecule has 0 bridgehead atoms. The van der Waals surface area contributed by atoms with Gasteiger partial charge in [0, 0.05) is 23.3 Å². The molecule has 2 aromatic carbocycles. The van der Waals surface area contributed by atoms with Gasteiger partial charge in [-0.2, -0.15) is 15.2 Å². The first-order chi connectivity index (χ1) is 13.9. The summed E-state index contributed by atoms with van der Waals surface area (Å²) in [5.41, 5.74) is 6.52. The van der Waals surface area contributed by atoms with E-state index in [0.29, 0.717) is 22.6 Å². The van der Waals surface area contributed by atoms with Crippen LogP contribution in [0.25, 0.3) is 0 Å². The Morgan fingerprint density at radius 1 is 0.793 bits per heavy atom. The van der Waals surface area contributed by atoms with Gasteiger partial charge in [0.25, 0.3) is 5.95 Å². The zero-order valence-corrected chi connectivity index (χ0v) is 15.1. The molecule has 0 amide bonds. The number of rotatable bonds is 6. The topological polar surface area (TPSA) is 168 Å². The third-order valence-corrected chi connectivity index (χ3v) is 3.63. The maximum atomic E-state index is 9.74. The molecule has 0 atom stereocenters. The molecule has 0 saturated carbocycles. The summed E-state index contributed by atoms with van der Waals surface area (Å²) >= 11 is 0. The van der Waals surface area contributed by atoms with E-state index in [1.807, 2.05) is 0 Å². The van der Waals surface area contributed by atoms with Crippen LogP contribution in [0.5, 0.6) is 23.0 Å². The lowest BCUT2D eigenvalue weighted by Gasteiger charge is -2.05. The van der Waals surface area contributed by atoms with Gasteiger partial charge in [0.05, 0.1) is 12.4 Å². The molecule has 0 aliphatic rings. The molecular weight excluding hydrogens is 378 g/mol. The number of phenols is 4. The fourth-order valence-corrected chi connectivity index (χ4v) is 2.14. The molecule has 148 valence electrons. The van der Waals surface area contributed by atoms with Crippen LogP contribution in [0.2, 0.25) is 0 Å². The molecule has 11 nitrogen and oxygen atoms in total. The van der Waals surface area contributed by atoms with Crippen LogP contribution in [0.1, 0.15) is 16.8 Å². The molecule has 0 aliphatic carbocycles. The van der Waals surface area contributed by atoms with Gasteiger partial charge in [-0.1, -0.05) is 0 Å². The smallest absolute Gasteiger partial charge is 0.265 e. The zero-order valence-electron chi connectivity index (χ0n) is 15.1. The van der Waals surface area contributed by atoms with Crippen LogP contribution < -0.4 is 10.9 Å². The summed E-state index contributed by atoms with van der Waals surface area (Å²) < 4.78 is 0. The van der Waals surface area contributed by atoms with Crippen molar-refractivity contribution in [1.29, 1.82) is 0 Å². The van der Waals surface area contributed by atoms with Gasteiger partial charge in [0.1, 0.15) is 28.7 Å². The zero-order chi connectivity index (χ0) is 20.8. The first kappa shape index (κ1) is 19.4. The summed E-state index contributed by atoms with van der Waals surface area (Å²) in [4.78, 5) is 4.18. The van der Waals surface area contributed by atoms with E-state index >= 15 is 0 Å². The Labute approximate surface area is 164 Å². The van der Waals surface area contributed by atoms with Gasteiger partial charge in [-0.15, -0.1) is 10.2 Å². The van der Waals surface area contributed by atoms with Crippen LogP contribution in [-0.2, 0) is 0 Å². The van der Waals surface area contributed by atoms with E-state index in [-0.39, 0.29) is 28.9 Å². The number of nitrogens with zero attached hydrogens (tertiary/aromatic N) is 5. The lowest BCUT2D eigenvalue weighted by Crippen LogP contribution is -2.05. The van der Waals surface area contributed by atoms with E-state index < -0.39 is 0 Å². The Bertz CT molecular complexity index is 1090. The molecule has 3 rings (SSSR count). The highest BCUT2D eigenvalue weighted by Crippen LogP contribution is 2.22. The van der Waals surface area contributed by atoms with Crippen LogP contribution in [0.4, 0.5) is 11.8 Å². The number of hydrogen-bond acceptors (Lipinski definition) is 11. The van der Waals surface area contributed by atoms with E-state index in [0.717, 1.165) is 0 Å². The summed E-state index contributed by atoms with van der Waals surface area (Å²) in [5.74, 6) is 0.0147. The Balaban J connectivity index is 1.67. The summed E-state index contributed by atoms with van der Waals surface area (Å²) in [6.45, 7) is 1.68. The molecule has 0 fully saturated rings. The predicted molar refractivity (Wildman–Crippen MR) is 107 cm³/mol. The first-order valence-electron chi connectivity index (χ1n) is 8.26. The van der Waals surface area contributed by atoms with Gasteiger partial charge >= 0.3 is 0 Å². The van der Waals surface area contributed by atoms with Crippen molar-refractivity contribution in [2.24, 2.45) is 10.2 Å². The number of hydrazone groups is 2. The van der Waals surface area contributed by atoms with Gasteiger partial charge in [-0.3, -0.25) is 5.43 Å². The summed E-state index contributed by atoms with van der Waals surface area (Å²) in [5, 5.41) is 53.7. The molecule has 6 N–H and O–H groups in total. The van der Waals surface area contributed by atoms with Crippen molar-refractivity contribution in [3.63, 3.8) is 0 Å². The van der Waals surface area contributed by atoms with Crippen molar-refractivity contribution < 1.29 is 20.4 Å². The second-order valence-electron chi connectivity index (χ2n) is 5.80. The number of benzene rings is 2. The Kier molecular flexibility index (Phi) is 5.69. The lowest BCUT2D eigenvalue weighted by molar-refractivity contribution is 0.449. The molecule has 0 aliphatic heterocycles. The van der Waals surface area contributed by atoms with Gasteiger partial charge in [-0.05, 0) is 31.2 Å². The molecule has 0 unspecified atom stereocenters. The summed E-state index contributed by atoms with van der Waals surface area (Å²) in [6, 6.07) is 8.22. The van der Waals surface area contributed by atoms with Crippen molar-refractivity contribution in [3.8, 4) is 23.0 Å². The number of phenolic OH excluding ortho intramolecular Hbond substituents is 4. The standard InChI is InChI=1S/C18H17N7O4/c1-10-17(23-19-8-11-2-4-13(26)6-15(11)28)21-18(25-22-10)24-20-9-12-3-5-14(27)7-16(12)29/h2-9,26-29H,1H3,(H2,21,23,24,25)/b19-8+,20-9+. The molecule has 0 radical (unpaired) electrons. The SMILES string of the molecule is Cc1nnc(N/N=C/c2ccc(O)cc2O)nc1N/N=C/c1ccc(O)cc1O. The maximum Gasteiger partial charge on any atom is 0.265 e. The summed E-state index contributed by atoms with van der Waals surface area (Å²) in [7, 11) is 0. The van der Waals surface area contributed by atoms with Crippen LogP contribution in [0.15, 0.2) is 46.6 Å². The van der Waals surface area contributed by atoms with Crippen LogP contribution in [-0.4, -0.2) is 48.0 Å². The number of aryl methyl sites for hydroxylation is 1. The number of hydrogen-bond donors (Lipinski definition) is 6. The van der Waals surface area contributed by atoms with Gasteiger partial charge in [0.2, 0.25) is 0 Å². The van der Waals surface area contributed by atoms with Gasteiger partial charge in [0.15, 0.2) is 5.82 Å². The highest BCUT2D eigenvalue weighted by atomic mass is 16.3. The molecular formula is C18H17N7O4. The normalized spacial score (nSPS) is 11.2. The Hall–Kier alpha value is -4.41. The number of aromatic hydroxyl groups is 4. The van der Waals surface area contributed by atoms with Crippen LogP contribution >= 0.6 is 0 Å². The maximum absolute atomic E-state index is 9.74. The van der Waals surface area contributed by atoms with Gasteiger partial charge < -0.3 is 20.4 Å². The van der Waals surface area contributed by atoms with Crippen molar-refractivity contribution >= 4 is 24.2 Å². The van der Waals surface area contributed by atoms with Crippen molar-refractivity contribution in [1.82, 2.24) is 15.2 Å². The van der Waals surface area contributed by atoms with Crippen molar-refractivity contribution in [3.05, 3.63) is 53.2 Å². The third-order valence-electron chi connectivity index (χ3n) is 3.63. The Morgan fingerprint density at radius 3 is 1.90 bits per heavy atom. The molecule has 1 aromatic heterocycles. The summed E-state index contributed by atoms with van der Waals surface area (Å²) in [6.07, 6.45) is 2.69. The number of anilines is 2. The van der Waals surface area contributed by atoms with Gasteiger partial charge in [-0.25, -0.2) is 5.43 Å². The third kappa shape index (κ3) is 5.07. The van der Waals surface area contributed by atoms with Crippen molar-refractivity contribution in [2.75, 3.05) is 10.9 Å². The van der Waals surface area contributed by atoms with E-state index in [1.165, 1.54) is 48.8 Å². The Morgan fingerprint density at radius 2 is 1.34 bits per heavy atom. The first-order valence-corrected chi connectivity index (χ1v) is 8.26. The minimum Gasteiger partial charge on any atom is -0.508 e. The predicted octanol–water partition coefficient (Wildman–Crippen LogP) is 1.89. The van der Waals surface area contributed by atoms with E-state index in [9.17, 15) is 20.4 Å².